The zero-order valence-corrected chi connectivity index (χ0v) is 21.9. The van der Waals surface area contributed by atoms with Crippen LogP contribution in [0, 0.1) is 0 Å². The molecular formula is C26H31ClN2O6S. The first-order valence-electron chi connectivity index (χ1n) is 12.5. The third kappa shape index (κ3) is 4.88. The SMILES string of the molecule is CN1CCCCN(S(=O)(=O)c2cc3c(cc2Cl)OCCO3)[C@@H]2CCCC[C@@H]2Oc2ccccc2C1=O. The summed E-state index contributed by atoms with van der Waals surface area (Å²) in [5.41, 5.74) is 0.495. The minimum Gasteiger partial charge on any atom is -0.488 e. The van der Waals surface area contributed by atoms with Crippen molar-refractivity contribution in [2.75, 3.05) is 33.4 Å². The van der Waals surface area contributed by atoms with E-state index in [1.165, 1.54) is 12.1 Å². The van der Waals surface area contributed by atoms with Crippen molar-refractivity contribution in [1.82, 2.24) is 9.21 Å². The van der Waals surface area contributed by atoms with Gasteiger partial charge in [0.05, 0.1) is 16.6 Å². The highest BCUT2D eigenvalue weighted by Gasteiger charge is 2.40. The van der Waals surface area contributed by atoms with Gasteiger partial charge in [0.25, 0.3) is 5.91 Å². The molecule has 1 fully saturated rings. The van der Waals surface area contributed by atoms with Crippen LogP contribution in [0.2, 0.25) is 5.02 Å². The molecule has 8 nitrogen and oxygen atoms in total. The zero-order valence-electron chi connectivity index (χ0n) is 20.3. The fourth-order valence-corrected chi connectivity index (χ4v) is 7.44. The molecule has 1 amide bonds. The third-order valence-electron chi connectivity index (χ3n) is 7.09. The zero-order chi connectivity index (χ0) is 25.3. The van der Waals surface area contributed by atoms with Crippen molar-refractivity contribution in [2.24, 2.45) is 0 Å². The van der Waals surface area contributed by atoms with Gasteiger partial charge in [-0.05, 0) is 44.2 Å². The number of fused-ring (bicyclic) bond motifs is 3. The number of carbonyl (C=O) groups is 1. The lowest BCUT2D eigenvalue weighted by Gasteiger charge is -2.40. The van der Waals surface area contributed by atoms with Gasteiger partial charge in [0.2, 0.25) is 10.0 Å². The van der Waals surface area contributed by atoms with E-state index in [4.69, 9.17) is 25.8 Å². The molecule has 2 atom stereocenters. The van der Waals surface area contributed by atoms with Crippen LogP contribution in [-0.4, -0.2) is 69.0 Å². The van der Waals surface area contributed by atoms with Gasteiger partial charge in [0.1, 0.15) is 30.0 Å². The highest BCUT2D eigenvalue weighted by molar-refractivity contribution is 7.89. The Hall–Kier alpha value is -2.49. The van der Waals surface area contributed by atoms with Crippen molar-refractivity contribution in [3.63, 3.8) is 0 Å². The Morgan fingerprint density at radius 3 is 2.42 bits per heavy atom. The minimum absolute atomic E-state index is 0.0116. The van der Waals surface area contributed by atoms with Gasteiger partial charge in [0.15, 0.2) is 11.5 Å². The number of ether oxygens (including phenoxy) is 3. The molecule has 0 radical (unpaired) electrons. The number of nitrogens with zero attached hydrogens (tertiary/aromatic N) is 2. The Balaban J connectivity index is 1.55. The summed E-state index contributed by atoms with van der Waals surface area (Å²) in [5.74, 6) is 1.22. The van der Waals surface area contributed by atoms with Crippen molar-refractivity contribution in [3.05, 3.63) is 47.0 Å². The third-order valence-corrected chi connectivity index (χ3v) is 9.47. The summed E-state index contributed by atoms with van der Waals surface area (Å²) in [5, 5.41) is 0.106. The maximum Gasteiger partial charge on any atom is 0.257 e. The second kappa shape index (κ2) is 10.5. The number of benzene rings is 2. The molecule has 3 aliphatic rings. The van der Waals surface area contributed by atoms with Crippen LogP contribution in [0.25, 0.3) is 0 Å². The molecule has 194 valence electrons. The Kier molecular flexibility index (Phi) is 7.32. The Bertz CT molecular complexity index is 1240. The quantitative estimate of drug-likeness (QED) is 0.569. The summed E-state index contributed by atoms with van der Waals surface area (Å²) in [4.78, 5) is 14.8. The number of hydrogen-bond donors (Lipinski definition) is 0. The largest absolute Gasteiger partial charge is 0.488 e. The van der Waals surface area contributed by atoms with Gasteiger partial charge in [-0.1, -0.05) is 30.2 Å². The predicted molar refractivity (Wildman–Crippen MR) is 136 cm³/mol. The van der Waals surface area contributed by atoms with Gasteiger partial charge in [0, 0.05) is 32.3 Å². The van der Waals surface area contributed by atoms with Gasteiger partial charge in [-0.3, -0.25) is 4.79 Å². The predicted octanol–water partition coefficient (Wildman–Crippen LogP) is 4.36. The number of sulfonamides is 1. The average molecular weight is 535 g/mol. The van der Waals surface area contributed by atoms with E-state index in [0.29, 0.717) is 74.8 Å². The molecule has 0 spiro atoms. The van der Waals surface area contributed by atoms with Crippen LogP contribution in [0.3, 0.4) is 0 Å². The number of halogens is 1. The number of para-hydroxylation sites is 1. The minimum atomic E-state index is -3.98. The maximum absolute atomic E-state index is 14.2. The number of hydrogen-bond acceptors (Lipinski definition) is 6. The van der Waals surface area contributed by atoms with Gasteiger partial charge in [-0.2, -0.15) is 4.31 Å². The second-order valence-corrected chi connectivity index (χ2v) is 11.7. The molecule has 0 N–H and O–H groups in total. The molecule has 1 aliphatic carbocycles. The van der Waals surface area contributed by atoms with E-state index in [-0.39, 0.29) is 28.0 Å². The van der Waals surface area contributed by atoms with Crippen molar-refractivity contribution >= 4 is 27.5 Å². The molecule has 36 heavy (non-hydrogen) atoms. The lowest BCUT2D eigenvalue weighted by molar-refractivity contribution is 0.0658. The summed E-state index contributed by atoms with van der Waals surface area (Å²) in [6, 6.07) is 9.82. The van der Waals surface area contributed by atoms with Crippen LogP contribution in [0.5, 0.6) is 17.2 Å². The molecular weight excluding hydrogens is 504 g/mol. The summed E-state index contributed by atoms with van der Waals surface area (Å²) in [6.45, 7) is 1.56. The molecule has 0 unspecified atom stereocenters. The molecule has 0 aromatic heterocycles. The monoisotopic (exact) mass is 534 g/mol. The maximum atomic E-state index is 14.2. The molecule has 2 aromatic rings. The molecule has 10 heteroatoms. The van der Waals surface area contributed by atoms with Gasteiger partial charge in [-0.15, -0.1) is 0 Å². The van der Waals surface area contributed by atoms with Crippen LogP contribution >= 0.6 is 11.6 Å². The Morgan fingerprint density at radius 1 is 0.917 bits per heavy atom. The topological polar surface area (TPSA) is 85.4 Å². The second-order valence-electron chi connectivity index (χ2n) is 9.48. The molecule has 0 bridgehead atoms. The van der Waals surface area contributed by atoms with E-state index in [0.717, 1.165) is 12.8 Å². The standard InChI is InChI=1S/C26H31ClN2O6S/c1-28-12-6-7-13-29(36(31,32)25-17-24-23(16-19(25)27)33-14-15-34-24)20-9-3-5-11-22(20)35-21-10-4-2-8-18(21)26(28)30/h2,4,8,10,16-17,20,22H,3,5-7,9,11-15H2,1H3/t20-,22+/m1/s1. The van der Waals surface area contributed by atoms with Gasteiger partial charge >= 0.3 is 0 Å². The van der Waals surface area contributed by atoms with Gasteiger partial charge < -0.3 is 19.1 Å². The number of rotatable bonds is 2. The van der Waals surface area contributed by atoms with Crippen molar-refractivity contribution < 1.29 is 27.4 Å². The fraction of sp³-hybridized carbons (Fsp3) is 0.500. The van der Waals surface area contributed by atoms with Crippen LogP contribution < -0.4 is 14.2 Å². The van der Waals surface area contributed by atoms with Crippen molar-refractivity contribution in [3.8, 4) is 17.2 Å². The van der Waals surface area contributed by atoms with Crippen molar-refractivity contribution in [1.29, 1.82) is 0 Å². The molecule has 2 aliphatic heterocycles. The Morgan fingerprint density at radius 2 is 1.61 bits per heavy atom. The first-order chi connectivity index (χ1) is 17.4. The molecule has 0 saturated heterocycles. The highest BCUT2D eigenvalue weighted by atomic mass is 35.5. The summed E-state index contributed by atoms with van der Waals surface area (Å²) in [7, 11) is -2.22. The fourth-order valence-electron chi connectivity index (χ4n) is 5.21. The summed E-state index contributed by atoms with van der Waals surface area (Å²) >= 11 is 6.50. The van der Waals surface area contributed by atoms with Crippen LogP contribution in [0.4, 0.5) is 0 Å². The lowest BCUT2D eigenvalue weighted by atomic mass is 9.92. The molecule has 1 saturated carbocycles. The summed E-state index contributed by atoms with van der Waals surface area (Å²) in [6.07, 6.45) is 4.08. The van der Waals surface area contributed by atoms with E-state index in [9.17, 15) is 13.2 Å². The van der Waals surface area contributed by atoms with E-state index in [1.807, 2.05) is 12.1 Å². The first kappa shape index (κ1) is 25.2. The normalized spacial score (nSPS) is 23.5. The summed E-state index contributed by atoms with van der Waals surface area (Å²) < 4.78 is 47.5. The lowest BCUT2D eigenvalue weighted by Crippen LogP contribution is -2.51. The average Bonchev–Trinajstić information content (AvgIpc) is 2.88. The van der Waals surface area contributed by atoms with E-state index in [2.05, 4.69) is 0 Å². The van der Waals surface area contributed by atoms with E-state index >= 15 is 0 Å². The van der Waals surface area contributed by atoms with Gasteiger partial charge in [-0.25, -0.2) is 8.42 Å². The van der Waals surface area contributed by atoms with E-state index in [1.54, 1.807) is 28.4 Å². The van der Waals surface area contributed by atoms with Crippen LogP contribution in [-0.2, 0) is 10.0 Å². The van der Waals surface area contributed by atoms with Crippen LogP contribution in [0.15, 0.2) is 41.3 Å². The molecule has 5 rings (SSSR count). The van der Waals surface area contributed by atoms with Crippen LogP contribution in [0.1, 0.15) is 48.9 Å². The Labute approximate surface area is 217 Å². The highest BCUT2D eigenvalue weighted by Crippen LogP contribution is 2.40. The number of carbonyl (C=O) groups excluding carboxylic acids is 1. The molecule has 2 heterocycles. The number of amides is 1. The van der Waals surface area contributed by atoms with E-state index < -0.39 is 10.0 Å². The first-order valence-corrected chi connectivity index (χ1v) is 14.3. The van der Waals surface area contributed by atoms with Crippen molar-refractivity contribution in [2.45, 2.75) is 55.6 Å². The smallest absolute Gasteiger partial charge is 0.257 e. The molecule has 2 aromatic carbocycles.